The monoisotopic (exact) mass is 510 g/mol. The van der Waals surface area contributed by atoms with Crippen molar-refractivity contribution in [1.29, 1.82) is 0 Å². The third kappa shape index (κ3) is 4.17. The average molecular weight is 511 g/mol. The summed E-state index contributed by atoms with van der Waals surface area (Å²) in [5.41, 5.74) is -1.94. The van der Waals surface area contributed by atoms with E-state index >= 15 is 0 Å². The van der Waals surface area contributed by atoms with Gasteiger partial charge < -0.3 is 19.6 Å². The van der Waals surface area contributed by atoms with Crippen molar-refractivity contribution in [3.8, 4) is 0 Å². The smallest absolute Gasteiger partial charge is 0.403 e. The van der Waals surface area contributed by atoms with Crippen LogP contribution in [0.5, 0.6) is 0 Å². The van der Waals surface area contributed by atoms with Crippen LogP contribution < -0.4 is 4.90 Å². The number of hydrogen-bond donors (Lipinski definition) is 1. The second-order valence-electron chi connectivity index (χ2n) is 8.51. The molecule has 0 bridgehead atoms. The first kappa shape index (κ1) is 24.1. The predicted molar refractivity (Wildman–Crippen MR) is 111 cm³/mol. The van der Waals surface area contributed by atoms with E-state index in [9.17, 15) is 36.3 Å². The maximum absolute atomic E-state index is 13.4. The van der Waals surface area contributed by atoms with Crippen LogP contribution in [0.1, 0.15) is 19.3 Å². The molecule has 8 nitrogen and oxygen atoms in total. The lowest BCUT2D eigenvalue weighted by Crippen LogP contribution is -2.48. The number of alkyl halides is 3. The number of ether oxygens (including phenoxy) is 1. The molecule has 2 saturated heterocycles. The Bertz CT molecular complexity index is 1070. The van der Waals surface area contributed by atoms with E-state index in [0.717, 1.165) is 0 Å². The van der Waals surface area contributed by atoms with Gasteiger partial charge in [0.25, 0.3) is 0 Å². The lowest BCUT2D eigenvalue weighted by Gasteiger charge is -2.29. The molecule has 13 heteroatoms. The van der Waals surface area contributed by atoms with Crippen molar-refractivity contribution >= 4 is 39.0 Å². The van der Waals surface area contributed by atoms with Gasteiger partial charge in [-0.25, -0.2) is 13.2 Å². The molecule has 0 aromatic heterocycles. The van der Waals surface area contributed by atoms with Crippen LogP contribution in [0.3, 0.4) is 0 Å². The molecule has 2 heterocycles. The third-order valence-corrected chi connectivity index (χ3v) is 9.16. The zero-order chi connectivity index (χ0) is 24.2. The number of amides is 1. The number of carbonyl (C=O) groups is 2. The number of likely N-dealkylation sites (tertiary alicyclic amines) is 1. The molecule has 182 valence electrons. The normalized spacial score (nSPS) is 25.2. The summed E-state index contributed by atoms with van der Waals surface area (Å²) in [6.07, 6.45) is -6.23. The summed E-state index contributed by atoms with van der Waals surface area (Å²) < 4.78 is 72.1. The molecule has 1 N–H and O–H groups in total. The SMILES string of the molecule is O=C(O)[C@@H]1C[C@@H](S(=O)(=O)c2ccc(N3CCOCC3)cc2Cl)CN1C(=O)C1(C(F)(F)F)CC1. The maximum atomic E-state index is 13.4. The Kier molecular flexibility index (Phi) is 6.07. The Morgan fingerprint density at radius 3 is 2.33 bits per heavy atom. The van der Waals surface area contributed by atoms with Crippen LogP contribution in [0.25, 0.3) is 0 Å². The molecule has 2 aliphatic heterocycles. The first-order valence-electron chi connectivity index (χ1n) is 10.4. The molecule has 33 heavy (non-hydrogen) atoms. The van der Waals surface area contributed by atoms with E-state index in [1.165, 1.54) is 12.1 Å². The number of halogens is 4. The lowest BCUT2D eigenvalue weighted by atomic mass is 10.0. The van der Waals surface area contributed by atoms with Crippen molar-refractivity contribution in [3.63, 3.8) is 0 Å². The number of nitrogens with zero attached hydrogens (tertiary/aromatic N) is 2. The van der Waals surface area contributed by atoms with Gasteiger partial charge in [-0.1, -0.05) is 11.6 Å². The molecule has 0 radical (unpaired) electrons. The van der Waals surface area contributed by atoms with Crippen molar-refractivity contribution in [2.45, 2.75) is 41.6 Å². The van der Waals surface area contributed by atoms with E-state index in [1.54, 1.807) is 6.07 Å². The van der Waals surface area contributed by atoms with Gasteiger partial charge in [-0.3, -0.25) is 4.79 Å². The number of benzene rings is 1. The highest BCUT2D eigenvalue weighted by Crippen LogP contribution is 2.59. The minimum atomic E-state index is -4.83. The number of anilines is 1. The standard InChI is InChI=1S/C20H22ClF3N2O6S/c21-14-9-12(25-5-7-32-8-6-25)1-2-16(14)33(30,31)13-10-15(17(27)28)26(11-13)18(29)19(3-4-19)20(22,23)24/h1-2,9,13,15H,3-8,10-11H2,(H,27,28)/t13-,15+/m1/s1. The molecule has 1 aromatic carbocycles. The predicted octanol–water partition coefficient (Wildman–Crippen LogP) is 2.35. The lowest BCUT2D eigenvalue weighted by molar-refractivity contribution is -0.199. The summed E-state index contributed by atoms with van der Waals surface area (Å²) in [5.74, 6) is -2.93. The molecular weight excluding hydrogens is 489 g/mol. The summed E-state index contributed by atoms with van der Waals surface area (Å²) in [4.78, 5) is 26.7. The summed E-state index contributed by atoms with van der Waals surface area (Å²) in [6.45, 7) is 1.59. The van der Waals surface area contributed by atoms with E-state index in [4.69, 9.17) is 16.3 Å². The maximum Gasteiger partial charge on any atom is 0.403 e. The minimum absolute atomic E-state index is 0.0791. The number of sulfone groups is 1. The molecule has 4 rings (SSSR count). The van der Waals surface area contributed by atoms with Gasteiger partial charge in [0.05, 0.1) is 28.4 Å². The van der Waals surface area contributed by atoms with Crippen LogP contribution in [0.2, 0.25) is 5.02 Å². The molecule has 0 unspecified atom stereocenters. The van der Waals surface area contributed by atoms with Gasteiger partial charge in [-0.15, -0.1) is 0 Å². The number of carboxylic acid groups (broad SMARTS) is 1. The summed E-state index contributed by atoms with van der Waals surface area (Å²) in [7, 11) is -4.22. The van der Waals surface area contributed by atoms with Crippen LogP contribution in [-0.4, -0.2) is 80.6 Å². The Balaban J connectivity index is 1.59. The molecule has 1 amide bonds. The van der Waals surface area contributed by atoms with E-state index in [0.29, 0.717) is 36.9 Å². The van der Waals surface area contributed by atoms with Gasteiger partial charge in [0.1, 0.15) is 11.5 Å². The quantitative estimate of drug-likeness (QED) is 0.648. The van der Waals surface area contributed by atoms with E-state index in [2.05, 4.69) is 0 Å². The van der Waals surface area contributed by atoms with Crippen LogP contribution in [-0.2, 0) is 24.2 Å². The van der Waals surface area contributed by atoms with Gasteiger partial charge in [0.2, 0.25) is 5.91 Å². The first-order chi connectivity index (χ1) is 15.4. The molecule has 1 aliphatic carbocycles. The number of hydrogen-bond acceptors (Lipinski definition) is 6. The second-order valence-corrected chi connectivity index (χ2v) is 11.1. The highest BCUT2D eigenvalue weighted by molar-refractivity contribution is 7.92. The molecule has 3 aliphatic rings. The topological polar surface area (TPSA) is 104 Å². The zero-order valence-corrected chi connectivity index (χ0v) is 18.9. The summed E-state index contributed by atoms with van der Waals surface area (Å²) >= 11 is 6.27. The molecule has 3 fully saturated rings. The first-order valence-corrected chi connectivity index (χ1v) is 12.3. The molecule has 0 spiro atoms. The average Bonchev–Trinajstić information content (AvgIpc) is 3.45. The molecule has 1 aromatic rings. The Labute approximate surface area is 193 Å². The van der Waals surface area contributed by atoms with Gasteiger partial charge in [-0.2, -0.15) is 13.2 Å². The molecule has 2 atom stereocenters. The number of aliphatic carboxylic acids is 1. The largest absolute Gasteiger partial charge is 0.480 e. The number of carboxylic acids is 1. The fraction of sp³-hybridized carbons (Fsp3) is 0.600. The zero-order valence-electron chi connectivity index (χ0n) is 17.3. The fourth-order valence-electron chi connectivity index (χ4n) is 4.42. The van der Waals surface area contributed by atoms with Gasteiger partial charge in [0.15, 0.2) is 9.84 Å². The summed E-state index contributed by atoms with van der Waals surface area (Å²) in [5, 5.41) is 8.03. The van der Waals surface area contributed by atoms with Crippen molar-refractivity contribution in [2.75, 3.05) is 37.7 Å². The molecule has 1 saturated carbocycles. The Hall–Kier alpha value is -2.05. The van der Waals surface area contributed by atoms with E-state index < -0.39 is 70.4 Å². The second kappa shape index (κ2) is 8.31. The van der Waals surface area contributed by atoms with E-state index in [1.807, 2.05) is 4.90 Å². The molecular formula is C20H22ClF3N2O6S. The van der Waals surface area contributed by atoms with Gasteiger partial charge >= 0.3 is 12.1 Å². The highest BCUT2D eigenvalue weighted by Gasteiger charge is 2.70. The van der Waals surface area contributed by atoms with Gasteiger partial charge in [0, 0.05) is 25.3 Å². The minimum Gasteiger partial charge on any atom is -0.480 e. The highest BCUT2D eigenvalue weighted by atomic mass is 35.5. The number of carbonyl (C=O) groups excluding carboxylic acids is 1. The Morgan fingerprint density at radius 1 is 1.18 bits per heavy atom. The fourth-order valence-corrected chi connectivity index (χ4v) is 6.66. The Morgan fingerprint density at radius 2 is 1.82 bits per heavy atom. The van der Waals surface area contributed by atoms with Crippen LogP contribution >= 0.6 is 11.6 Å². The van der Waals surface area contributed by atoms with Crippen molar-refractivity contribution in [2.24, 2.45) is 5.41 Å². The van der Waals surface area contributed by atoms with Crippen LogP contribution in [0.4, 0.5) is 18.9 Å². The number of rotatable bonds is 5. The van der Waals surface area contributed by atoms with Crippen LogP contribution in [0.15, 0.2) is 23.1 Å². The summed E-state index contributed by atoms with van der Waals surface area (Å²) in [6, 6.07) is 2.69. The van der Waals surface area contributed by atoms with Crippen molar-refractivity contribution in [3.05, 3.63) is 23.2 Å². The van der Waals surface area contributed by atoms with Crippen LogP contribution in [0, 0.1) is 5.41 Å². The van der Waals surface area contributed by atoms with Crippen molar-refractivity contribution < 1.29 is 41.0 Å². The van der Waals surface area contributed by atoms with Crippen molar-refractivity contribution in [1.82, 2.24) is 4.90 Å². The third-order valence-electron chi connectivity index (χ3n) is 6.55. The van der Waals surface area contributed by atoms with Gasteiger partial charge in [-0.05, 0) is 37.5 Å². The number of morpholine rings is 1. The van der Waals surface area contributed by atoms with E-state index in [-0.39, 0.29) is 9.92 Å².